The molecule has 0 saturated carbocycles. The number of nitrogens with zero attached hydrogens (tertiary/aromatic N) is 3. The Kier molecular flexibility index (Phi) is 5.11. The molecule has 1 unspecified atom stereocenters. The van der Waals surface area contributed by atoms with Crippen LogP contribution in [0.25, 0.3) is 0 Å². The van der Waals surface area contributed by atoms with Gasteiger partial charge >= 0.3 is 5.97 Å². The SMILES string of the molecule is COc1ccc(F)cc1C(C(=O)O)N(C)CCn1cccn1. The fourth-order valence-corrected chi connectivity index (χ4v) is 2.30. The fraction of sp³-hybridized carbons (Fsp3) is 0.333. The van der Waals surface area contributed by atoms with Gasteiger partial charge in [-0.3, -0.25) is 14.4 Å². The summed E-state index contributed by atoms with van der Waals surface area (Å²) in [6, 6.07) is 4.67. The molecule has 0 fully saturated rings. The number of carboxylic acid groups (broad SMARTS) is 1. The number of carboxylic acids is 1. The van der Waals surface area contributed by atoms with Crippen LogP contribution in [-0.2, 0) is 11.3 Å². The highest BCUT2D eigenvalue weighted by molar-refractivity contribution is 5.76. The highest BCUT2D eigenvalue weighted by atomic mass is 19.1. The van der Waals surface area contributed by atoms with Crippen molar-refractivity contribution in [2.45, 2.75) is 12.6 Å². The van der Waals surface area contributed by atoms with E-state index >= 15 is 0 Å². The quantitative estimate of drug-likeness (QED) is 0.844. The zero-order chi connectivity index (χ0) is 16.1. The minimum Gasteiger partial charge on any atom is -0.496 e. The Balaban J connectivity index is 2.22. The Morgan fingerprint density at radius 1 is 1.55 bits per heavy atom. The maximum atomic E-state index is 13.5. The monoisotopic (exact) mass is 307 g/mol. The molecule has 1 N–H and O–H groups in total. The molecule has 0 aliphatic carbocycles. The highest BCUT2D eigenvalue weighted by Gasteiger charge is 2.28. The molecule has 0 aliphatic rings. The van der Waals surface area contributed by atoms with Crippen LogP contribution in [0.5, 0.6) is 5.75 Å². The molecule has 7 heteroatoms. The molecule has 0 bridgehead atoms. The molecule has 0 aliphatic heterocycles. The van der Waals surface area contributed by atoms with Gasteiger partial charge in [-0.15, -0.1) is 0 Å². The van der Waals surface area contributed by atoms with Crippen molar-refractivity contribution < 1.29 is 19.0 Å². The predicted molar refractivity (Wildman–Crippen MR) is 78.2 cm³/mol. The van der Waals surface area contributed by atoms with Crippen molar-refractivity contribution in [3.63, 3.8) is 0 Å². The molecular weight excluding hydrogens is 289 g/mol. The molecule has 22 heavy (non-hydrogen) atoms. The zero-order valence-corrected chi connectivity index (χ0v) is 12.4. The van der Waals surface area contributed by atoms with Crippen LogP contribution in [0.2, 0.25) is 0 Å². The number of likely N-dealkylation sites (N-methyl/N-ethyl adjacent to an activating group) is 1. The van der Waals surface area contributed by atoms with Crippen molar-refractivity contribution in [3.05, 3.63) is 48.0 Å². The van der Waals surface area contributed by atoms with Gasteiger partial charge in [-0.25, -0.2) is 4.39 Å². The summed E-state index contributed by atoms with van der Waals surface area (Å²) < 4.78 is 20.4. The third kappa shape index (κ3) is 3.62. The zero-order valence-electron chi connectivity index (χ0n) is 12.4. The molecular formula is C15H18FN3O3. The summed E-state index contributed by atoms with van der Waals surface area (Å²) in [5.41, 5.74) is 0.290. The molecule has 0 saturated heterocycles. The fourth-order valence-electron chi connectivity index (χ4n) is 2.30. The molecule has 1 heterocycles. The lowest BCUT2D eigenvalue weighted by Crippen LogP contribution is -2.33. The van der Waals surface area contributed by atoms with Crippen molar-refractivity contribution in [2.24, 2.45) is 0 Å². The third-order valence-electron chi connectivity index (χ3n) is 3.40. The molecule has 0 amide bonds. The summed E-state index contributed by atoms with van der Waals surface area (Å²) in [5, 5.41) is 13.6. The van der Waals surface area contributed by atoms with E-state index in [1.54, 1.807) is 35.1 Å². The molecule has 0 spiro atoms. The van der Waals surface area contributed by atoms with Crippen LogP contribution in [0, 0.1) is 5.82 Å². The molecule has 6 nitrogen and oxygen atoms in total. The van der Waals surface area contributed by atoms with E-state index < -0.39 is 17.8 Å². The summed E-state index contributed by atoms with van der Waals surface area (Å²) in [4.78, 5) is 13.3. The second-order valence-electron chi connectivity index (χ2n) is 4.88. The molecule has 118 valence electrons. The number of aliphatic carboxylic acids is 1. The molecule has 1 aromatic heterocycles. The Labute approximate surface area is 127 Å². The second kappa shape index (κ2) is 7.04. The van der Waals surface area contributed by atoms with E-state index in [1.165, 1.54) is 25.3 Å². The van der Waals surface area contributed by atoms with Crippen LogP contribution in [0.1, 0.15) is 11.6 Å². The molecule has 1 aromatic carbocycles. The number of benzene rings is 1. The van der Waals surface area contributed by atoms with E-state index in [1.807, 2.05) is 0 Å². The van der Waals surface area contributed by atoms with Crippen LogP contribution in [0.3, 0.4) is 0 Å². The van der Waals surface area contributed by atoms with Crippen molar-refractivity contribution in [3.8, 4) is 5.75 Å². The first-order chi connectivity index (χ1) is 10.5. The minimum atomic E-state index is -1.06. The first-order valence-electron chi connectivity index (χ1n) is 6.77. The number of aromatic nitrogens is 2. The largest absolute Gasteiger partial charge is 0.496 e. The van der Waals surface area contributed by atoms with E-state index in [9.17, 15) is 14.3 Å². The van der Waals surface area contributed by atoms with Crippen molar-refractivity contribution in [1.82, 2.24) is 14.7 Å². The minimum absolute atomic E-state index is 0.290. The summed E-state index contributed by atoms with van der Waals surface area (Å²) in [7, 11) is 3.10. The van der Waals surface area contributed by atoms with Gasteiger partial charge in [-0.05, 0) is 31.3 Å². The Morgan fingerprint density at radius 2 is 2.32 bits per heavy atom. The van der Waals surface area contributed by atoms with Crippen LogP contribution >= 0.6 is 0 Å². The van der Waals surface area contributed by atoms with E-state index in [4.69, 9.17) is 4.74 Å². The van der Waals surface area contributed by atoms with Gasteiger partial charge in [0.25, 0.3) is 0 Å². The average molecular weight is 307 g/mol. The van der Waals surface area contributed by atoms with Crippen LogP contribution < -0.4 is 4.74 Å². The number of hydrogen-bond donors (Lipinski definition) is 1. The van der Waals surface area contributed by atoms with Crippen molar-refractivity contribution in [2.75, 3.05) is 20.7 Å². The number of ether oxygens (including phenoxy) is 1. The number of rotatable bonds is 7. The summed E-state index contributed by atoms with van der Waals surface area (Å²) in [6.07, 6.45) is 3.46. The predicted octanol–water partition coefficient (Wildman–Crippen LogP) is 1.79. The summed E-state index contributed by atoms with van der Waals surface area (Å²) >= 11 is 0. The van der Waals surface area contributed by atoms with E-state index in [0.717, 1.165) is 0 Å². The van der Waals surface area contributed by atoms with Crippen molar-refractivity contribution in [1.29, 1.82) is 0 Å². The third-order valence-corrected chi connectivity index (χ3v) is 3.40. The van der Waals surface area contributed by atoms with Gasteiger partial charge in [0, 0.05) is 24.5 Å². The smallest absolute Gasteiger partial charge is 0.325 e. The highest BCUT2D eigenvalue weighted by Crippen LogP contribution is 2.29. The first-order valence-corrected chi connectivity index (χ1v) is 6.77. The molecule has 1 atom stereocenters. The van der Waals surface area contributed by atoms with Gasteiger partial charge in [-0.1, -0.05) is 0 Å². The van der Waals surface area contributed by atoms with E-state index in [-0.39, 0.29) is 5.56 Å². The molecule has 2 rings (SSSR count). The van der Waals surface area contributed by atoms with Gasteiger partial charge in [0.15, 0.2) is 0 Å². The second-order valence-corrected chi connectivity index (χ2v) is 4.88. The normalized spacial score (nSPS) is 12.4. The van der Waals surface area contributed by atoms with E-state index in [2.05, 4.69) is 5.10 Å². The number of hydrogen-bond acceptors (Lipinski definition) is 4. The lowest BCUT2D eigenvalue weighted by Gasteiger charge is -2.26. The lowest BCUT2D eigenvalue weighted by molar-refractivity contribution is -0.143. The van der Waals surface area contributed by atoms with Crippen LogP contribution in [0.4, 0.5) is 4.39 Å². The molecule has 0 radical (unpaired) electrons. The van der Waals surface area contributed by atoms with Gasteiger partial charge in [-0.2, -0.15) is 5.10 Å². The van der Waals surface area contributed by atoms with Gasteiger partial charge in [0.05, 0.1) is 13.7 Å². The van der Waals surface area contributed by atoms with Crippen LogP contribution in [-0.4, -0.2) is 46.5 Å². The van der Waals surface area contributed by atoms with Gasteiger partial charge in [0.2, 0.25) is 0 Å². The first kappa shape index (κ1) is 16.0. The standard InChI is InChI=1S/C15H18FN3O3/c1-18(8-9-19-7-3-6-17-19)14(15(20)21)12-10-11(16)4-5-13(12)22-2/h3-7,10,14H,8-9H2,1-2H3,(H,20,21). The maximum absolute atomic E-state index is 13.5. The Bertz CT molecular complexity index is 631. The van der Waals surface area contributed by atoms with Gasteiger partial charge < -0.3 is 9.84 Å². The number of carbonyl (C=O) groups is 1. The summed E-state index contributed by atoms with van der Waals surface area (Å²) in [5.74, 6) is -1.21. The molecule has 2 aromatic rings. The van der Waals surface area contributed by atoms with Gasteiger partial charge in [0.1, 0.15) is 17.6 Å². The van der Waals surface area contributed by atoms with E-state index in [0.29, 0.717) is 18.8 Å². The number of methoxy groups -OCH3 is 1. The topological polar surface area (TPSA) is 67.6 Å². The lowest BCUT2D eigenvalue weighted by atomic mass is 10.0. The summed E-state index contributed by atoms with van der Waals surface area (Å²) in [6.45, 7) is 0.975. The average Bonchev–Trinajstić information content (AvgIpc) is 2.98. The number of halogens is 1. The van der Waals surface area contributed by atoms with Crippen molar-refractivity contribution >= 4 is 5.97 Å². The van der Waals surface area contributed by atoms with Crippen LogP contribution in [0.15, 0.2) is 36.7 Å². The maximum Gasteiger partial charge on any atom is 0.325 e. The Morgan fingerprint density at radius 3 is 2.91 bits per heavy atom. The Hall–Kier alpha value is -2.41.